The quantitative estimate of drug-likeness (QED) is 0.831. The van der Waals surface area contributed by atoms with Crippen LogP contribution in [0.5, 0.6) is 0 Å². The molecule has 22 heavy (non-hydrogen) atoms. The Bertz CT molecular complexity index is 524. The number of rotatable bonds is 2. The van der Waals surface area contributed by atoms with Gasteiger partial charge in [-0.2, -0.15) is 0 Å². The largest absolute Gasteiger partial charge is 0.363 e. The van der Waals surface area contributed by atoms with Crippen molar-refractivity contribution in [1.29, 1.82) is 0 Å². The molecule has 1 fully saturated rings. The predicted molar refractivity (Wildman–Crippen MR) is 89.2 cm³/mol. The molecule has 2 rings (SSSR count). The molecule has 1 saturated heterocycles. The molecule has 1 amide bonds. The van der Waals surface area contributed by atoms with Crippen LogP contribution in [-0.2, 0) is 4.79 Å². The summed E-state index contributed by atoms with van der Waals surface area (Å²) < 4.78 is 0. The van der Waals surface area contributed by atoms with Gasteiger partial charge in [0.15, 0.2) is 0 Å². The smallest absolute Gasteiger partial charge is 0.228 e. The molecule has 6 heteroatoms. The van der Waals surface area contributed by atoms with Crippen LogP contribution < -0.4 is 9.80 Å². The lowest BCUT2D eigenvalue weighted by Crippen LogP contribution is -2.41. The second-order valence-corrected chi connectivity index (χ2v) is 7.01. The summed E-state index contributed by atoms with van der Waals surface area (Å²) >= 11 is 0. The second-order valence-electron chi connectivity index (χ2n) is 7.01. The minimum absolute atomic E-state index is 0.228. The van der Waals surface area contributed by atoms with Crippen LogP contribution in [0.1, 0.15) is 27.2 Å². The summed E-state index contributed by atoms with van der Waals surface area (Å²) in [7, 11) is 3.94. The van der Waals surface area contributed by atoms with Crippen LogP contribution in [0.15, 0.2) is 12.4 Å². The Morgan fingerprint density at radius 3 is 2.50 bits per heavy atom. The minimum Gasteiger partial charge on any atom is -0.363 e. The Morgan fingerprint density at radius 2 is 1.86 bits per heavy atom. The van der Waals surface area contributed by atoms with Gasteiger partial charge in [-0.15, -0.1) is 0 Å². The van der Waals surface area contributed by atoms with Crippen molar-refractivity contribution >= 4 is 17.5 Å². The van der Waals surface area contributed by atoms with Crippen LogP contribution in [-0.4, -0.2) is 61.0 Å². The molecule has 0 aliphatic carbocycles. The zero-order valence-corrected chi connectivity index (χ0v) is 14.3. The van der Waals surface area contributed by atoms with E-state index in [1.165, 1.54) is 0 Å². The number of amides is 1. The normalized spacial score (nSPS) is 16.4. The van der Waals surface area contributed by atoms with Crippen molar-refractivity contribution in [2.75, 3.05) is 50.1 Å². The third kappa shape index (κ3) is 3.87. The fourth-order valence-corrected chi connectivity index (χ4v) is 2.58. The fraction of sp³-hybridized carbons (Fsp3) is 0.688. The van der Waals surface area contributed by atoms with E-state index in [9.17, 15) is 4.79 Å². The molecule has 0 bridgehead atoms. The second kappa shape index (κ2) is 6.50. The highest BCUT2D eigenvalue weighted by molar-refractivity contribution is 5.81. The van der Waals surface area contributed by atoms with Gasteiger partial charge >= 0.3 is 0 Å². The van der Waals surface area contributed by atoms with E-state index in [0.717, 1.165) is 44.2 Å². The molecule has 0 spiro atoms. The van der Waals surface area contributed by atoms with Gasteiger partial charge in [0.25, 0.3) is 0 Å². The van der Waals surface area contributed by atoms with E-state index in [4.69, 9.17) is 0 Å². The summed E-state index contributed by atoms with van der Waals surface area (Å²) in [6, 6.07) is 2.00. The number of carbonyl (C=O) groups excluding carboxylic acids is 1. The first-order valence-corrected chi connectivity index (χ1v) is 7.83. The molecule has 2 heterocycles. The van der Waals surface area contributed by atoms with Gasteiger partial charge < -0.3 is 14.7 Å². The van der Waals surface area contributed by atoms with Crippen LogP contribution in [0.25, 0.3) is 0 Å². The average molecular weight is 305 g/mol. The SMILES string of the molecule is CN(C)c1cc(N2CCCN(C(=O)C(C)(C)C)CC2)ncn1. The summed E-state index contributed by atoms with van der Waals surface area (Å²) in [6.45, 7) is 9.22. The molecule has 0 atom stereocenters. The van der Waals surface area contributed by atoms with Gasteiger partial charge in [0.1, 0.15) is 18.0 Å². The number of aromatic nitrogens is 2. The lowest BCUT2D eigenvalue weighted by molar-refractivity contribution is -0.139. The van der Waals surface area contributed by atoms with E-state index in [2.05, 4.69) is 14.9 Å². The van der Waals surface area contributed by atoms with Gasteiger partial charge in [-0.25, -0.2) is 9.97 Å². The number of nitrogens with zero attached hydrogens (tertiary/aromatic N) is 5. The highest BCUT2D eigenvalue weighted by atomic mass is 16.2. The van der Waals surface area contributed by atoms with Gasteiger partial charge in [-0.3, -0.25) is 4.79 Å². The van der Waals surface area contributed by atoms with Gasteiger partial charge in [0.2, 0.25) is 5.91 Å². The van der Waals surface area contributed by atoms with Crippen molar-refractivity contribution in [3.63, 3.8) is 0 Å². The first-order valence-electron chi connectivity index (χ1n) is 7.83. The molecule has 0 radical (unpaired) electrons. The standard InChI is InChI=1S/C16H27N5O/c1-16(2,3)15(22)21-8-6-7-20(9-10-21)14-11-13(19(4)5)17-12-18-14/h11-12H,6-10H2,1-5H3. The number of hydrogen-bond donors (Lipinski definition) is 0. The maximum atomic E-state index is 12.4. The summed E-state index contributed by atoms with van der Waals surface area (Å²) in [6.07, 6.45) is 2.57. The Balaban J connectivity index is 2.07. The van der Waals surface area contributed by atoms with Crippen LogP contribution in [0.2, 0.25) is 0 Å². The molecule has 1 aromatic heterocycles. The topological polar surface area (TPSA) is 52.6 Å². The van der Waals surface area contributed by atoms with Gasteiger partial charge in [-0.1, -0.05) is 20.8 Å². The van der Waals surface area contributed by atoms with Crippen LogP contribution in [0.4, 0.5) is 11.6 Å². The van der Waals surface area contributed by atoms with Crippen molar-refractivity contribution in [1.82, 2.24) is 14.9 Å². The average Bonchev–Trinajstić information content (AvgIpc) is 2.71. The predicted octanol–water partition coefficient (Wildman–Crippen LogP) is 1.63. The number of anilines is 2. The monoisotopic (exact) mass is 305 g/mol. The molecular formula is C16H27N5O. The molecule has 6 nitrogen and oxygen atoms in total. The zero-order chi connectivity index (χ0) is 16.3. The van der Waals surface area contributed by atoms with Crippen molar-refractivity contribution < 1.29 is 4.79 Å². The van der Waals surface area contributed by atoms with Gasteiger partial charge in [0, 0.05) is 51.8 Å². The molecule has 122 valence electrons. The van der Waals surface area contributed by atoms with Crippen molar-refractivity contribution in [3.8, 4) is 0 Å². The fourth-order valence-electron chi connectivity index (χ4n) is 2.58. The summed E-state index contributed by atoms with van der Waals surface area (Å²) in [5, 5.41) is 0. The molecular weight excluding hydrogens is 278 g/mol. The zero-order valence-electron chi connectivity index (χ0n) is 14.3. The first-order chi connectivity index (χ1) is 10.3. The van der Waals surface area contributed by atoms with E-state index in [1.807, 2.05) is 50.7 Å². The third-order valence-corrected chi connectivity index (χ3v) is 3.85. The van der Waals surface area contributed by atoms with Crippen molar-refractivity contribution in [2.45, 2.75) is 27.2 Å². The van der Waals surface area contributed by atoms with Crippen molar-refractivity contribution in [3.05, 3.63) is 12.4 Å². The van der Waals surface area contributed by atoms with E-state index in [-0.39, 0.29) is 11.3 Å². The van der Waals surface area contributed by atoms with Crippen LogP contribution in [0.3, 0.4) is 0 Å². The molecule has 1 aromatic rings. The van der Waals surface area contributed by atoms with E-state index < -0.39 is 0 Å². The molecule has 1 aliphatic rings. The first kappa shape index (κ1) is 16.5. The Hall–Kier alpha value is -1.85. The Labute approximate surface area is 133 Å². The molecule has 0 N–H and O–H groups in total. The lowest BCUT2D eigenvalue weighted by Gasteiger charge is -2.28. The van der Waals surface area contributed by atoms with E-state index in [0.29, 0.717) is 0 Å². The minimum atomic E-state index is -0.317. The van der Waals surface area contributed by atoms with Gasteiger partial charge in [-0.05, 0) is 6.42 Å². The summed E-state index contributed by atoms with van der Waals surface area (Å²) in [5.74, 6) is 2.06. The highest BCUT2D eigenvalue weighted by Crippen LogP contribution is 2.21. The van der Waals surface area contributed by atoms with Crippen LogP contribution in [0, 0.1) is 5.41 Å². The van der Waals surface area contributed by atoms with Crippen molar-refractivity contribution in [2.24, 2.45) is 5.41 Å². The van der Waals surface area contributed by atoms with Crippen LogP contribution >= 0.6 is 0 Å². The molecule has 0 saturated carbocycles. The molecule has 0 aromatic carbocycles. The highest BCUT2D eigenvalue weighted by Gasteiger charge is 2.28. The number of carbonyl (C=O) groups is 1. The van der Waals surface area contributed by atoms with Gasteiger partial charge in [0.05, 0.1) is 0 Å². The maximum Gasteiger partial charge on any atom is 0.228 e. The maximum absolute atomic E-state index is 12.4. The summed E-state index contributed by atoms with van der Waals surface area (Å²) in [4.78, 5) is 27.3. The molecule has 1 aliphatic heterocycles. The Morgan fingerprint density at radius 1 is 1.14 bits per heavy atom. The number of hydrogen-bond acceptors (Lipinski definition) is 5. The molecule has 0 unspecified atom stereocenters. The third-order valence-electron chi connectivity index (χ3n) is 3.85. The summed E-state index contributed by atoms with van der Waals surface area (Å²) in [5.41, 5.74) is -0.317. The van der Waals surface area contributed by atoms with E-state index >= 15 is 0 Å². The van der Waals surface area contributed by atoms with E-state index in [1.54, 1.807) is 6.33 Å². The Kier molecular flexibility index (Phi) is 4.88. The lowest BCUT2D eigenvalue weighted by atomic mass is 9.94.